The average Bonchev–Trinajstić information content (AvgIpc) is 2.46. The van der Waals surface area contributed by atoms with E-state index >= 15 is 0 Å². The molecule has 20 heavy (non-hydrogen) atoms. The second kappa shape index (κ2) is 5.08. The summed E-state index contributed by atoms with van der Waals surface area (Å²) in [7, 11) is 0. The molecule has 0 fully saturated rings. The number of para-hydroxylation sites is 1. The summed E-state index contributed by atoms with van der Waals surface area (Å²) in [6.07, 6.45) is 2.74. The van der Waals surface area contributed by atoms with Gasteiger partial charge in [-0.1, -0.05) is 18.2 Å². The fourth-order valence-corrected chi connectivity index (χ4v) is 2.89. The molecule has 0 amide bonds. The zero-order valence-electron chi connectivity index (χ0n) is 11.3. The summed E-state index contributed by atoms with van der Waals surface area (Å²) < 4.78 is 13.7. The van der Waals surface area contributed by atoms with Crippen molar-refractivity contribution in [3.05, 3.63) is 59.4 Å². The van der Waals surface area contributed by atoms with E-state index in [1.165, 1.54) is 17.7 Å². The van der Waals surface area contributed by atoms with Crippen molar-refractivity contribution in [3.63, 3.8) is 0 Å². The number of aldehydes is 1. The van der Waals surface area contributed by atoms with Crippen molar-refractivity contribution in [2.24, 2.45) is 0 Å². The number of hydrogen-bond acceptors (Lipinski definition) is 2. The number of fused-ring (bicyclic) bond motifs is 1. The molecule has 0 saturated carbocycles. The van der Waals surface area contributed by atoms with E-state index in [0.29, 0.717) is 11.8 Å². The first kappa shape index (κ1) is 12.9. The molecule has 0 saturated heterocycles. The van der Waals surface area contributed by atoms with Crippen LogP contribution in [0.4, 0.5) is 15.8 Å². The molecule has 2 aromatic carbocycles. The Balaban J connectivity index is 2.13. The lowest BCUT2D eigenvalue weighted by atomic mass is 9.95. The fraction of sp³-hybridized carbons (Fsp3) is 0.235. The Morgan fingerprint density at radius 2 is 2.05 bits per heavy atom. The second-order valence-corrected chi connectivity index (χ2v) is 5.25. The van der Waals surface area contributed by atoms with Crippen LogP contribution in [0.5, 0.6) is 0 Å². The van der Waals surface area contributed by atoms with Gasteiger partial charge in [-0.15, -0.1) is 0 Å². The van der Waals surface area contributed by atoms with E-state index in [9.17, 15) is 9.18 Å². The van der Waals surface area contributed by atoms with Crippen LogP contribution in [-0.2, 0) is 6.42 Å². The van der Waals surface area contributed by atoms with Gasteiger partial charge in [0.2, 0.25) is 0 Å². The number of carbonyl (C=O) groups is 1. The predicted octanol–water partition coefficient (Wildman–Crippen LogP) is 4.11. The molecule has 2 aromatic rings. The minimum Gasteiger partial charge on any atom is -0.338 e. The number of halogens is 1. The summed E-state index contributed by atoms with van der Waals surface area (Å²) in [4.78, 5) is 13.1. The summed E-state index contributed by atoms with van der Waals surface area (Å²) in [6, 6.07) is 13.0. The number of benzene rings is 2. The molecular weight excluding hydrogens is 253 g/mol. The molecule has 102 valence electrons. The highest BCUT2D eigenvalue weighted by atomic mass is 19.1. The van der Waals surface area contributed by atoms with Gasteiger partial charge in [0.1, 0.15) is 12.1 Å². The molecular formula is C17H16FNO. The van der Waals surface area contributed by atoms with Gasteiger partial charge >= 0.3 is 0 Å². The smallest absolute Gasteiger partial charge is 0.150 e. The minimum absolute atomic E-state index is 0.284. The summed E-state index contributed by atoms with van der Waals surface area (Å²) in [5.41, 5.74) is 3.48. The van der Waals surface area contributed by atoms with Crippen LogP contribution in [0, 0.1) is 5.82 Å². The highest BCUT2D eigenvalue weighted by molar-refractivity contribution is 5.79. The monoisotopic (exact) mass is 269 g/mol. The first-order chi connectivity index (χ1) is 9.69. The lowest BCUT2D eigenvalue weighted by molar-refractivity contribution is 0.112. The summed E-state index contributed by atoms with van der Waals surface area (Å²) in [5.74, 6) is -0.375. The van der Waals surface area contributed by atoms with Crippen LogP contribution in [0.3, 0.4) is 0 Å². The third-order valence-electron chi connectivity index (χ3n) is 3.84. The summed E-state index contributed by atoms with van der Waals surface area (Å²) in [6.45, 7) is 2.13. The molecule has 0 N–H and O–H groups in total. The zero-order chi connectivity index (χ0) is 14.1. The summed E-state index contributed by atoms with van der Waals surface area (Å²) in [5, 5.41) is 0. The Bertz CT molecular complexity index is 653. The number of aryl methyl sites for hydroxylation is 1. The number of nitrogens with zero attached hydrogens (tertiary/aromatic N) is 1. The summed E-state index contributed by atoms with van der Waals surface area (Å²) >= 11 is 0. The van der Waals surface area contributed by atoms with Gasteiger partial charge in [0.05, 0.1) is 0 Å². The SMILES string of the molecule is CC1CCc2ccccc2N1c1cc(F)cc(C=O)c1. The largest absolute Gasteiger partial charge is 0.338 e. The van der Waals surface area contributed by atoms with Crippen molar-refractivity contribution < 1.29 is 9.18 Å². The van der Waals surface area contributed by atoms with E-state index in [4.69, 9.17) is 0 Å². The van der Waals surface area contributed by atoms with Crippen molar-refractivity contribution in [3.8, 4) is 0 Å². The molecule has 2 nitrogen and oxygen atoms in total. The van der Waals surface area contributed by atoms with Gasteiger partial charge in [0.25, 0.3) is 0 Å². The Labute approximate surface area is 117 Å². The molecule has 0 radical (unpaired) electrons. The van der Waals surface area contributed by atoms with Gasteiger partial charge in [-0.3, -0.25) is 4.79 Å². The van der Waals surface area contributed by atoms with Crippen molar-refractivity contribution in [1.82, 2.24) is 0 Å². The van der Waals surface area contributed by atoms with E-state index in [-0.39, 0.29) is 11.9 Å². The number of carbonyl (C=O) groups excluding carboxylic acids is 1. The highest BCUT2D eigenvalue weighted by Crippen LogP contribution is 2.37. The van der Waals surface area contributed by atoms with Crippen molar-refractivity contribution in [1.29, 1.82) is 0 Å². The van der Waals surface area contributed by atoms with Gasteiger partial charge in [-0.2, -0.15) is 0 Å². The van der Waals surface area contributed by atoms with Gasteiger partial charge in [-0.25, -0.2) is 4.39 Å². The standard InChI is InChI=1S/C17H16FNO/c1-12-6-7-14-4-2-3-5-17(14)19(12)16-9-13(11-20)8-15(18)10-16/h2-5,8-12H,6-7H2,1H3. The van der Waals surface area contributed by atoms with Gasteiger partial charge < -0.3 is 4.90 Å². The molecule has 3 heteroatoms. The molecule has 1 aliphatic rings. The van der Waals surface area contributed by atoms with E-state index in [2.05, 4.69) is 24.0 Å². The third-order valence-corrected chi connectivity index (χ3v) is 3.84. The van der Waals surface area contributed by atoms with E-state index in [1.54, 1.807) is 6.07 Å². The maximum absolute atomic E-state index is 13.7. The van der Waals surface area contributed by atoms with Crippen molar-refractivity contribution >= 4 is 17.7 Å². The Hall–Kier alpha value is -2.16. The Morgan fingerprint density at radius 1 is 1.25 bits per heavy atom. The zero-order valence-corrected chi connectivity index (χ0v) is 11.3. The van der Waals surface area contributed by atoms with Crippen LogP contribution in [-0.4, -0.2) is 12.3 Å². The molecule has 1 unspecified atom stereocenters. The lowest BCUT2D eigenvalue weighted by Crippen LogP contribution is -2.33. The third kappa shape index (κ3) is 2.20. The van der Waals surface area contributed by atoms with E-state index in [0.717, 1.165) is 24.2 Å². The number of hydrogen-bond donors (Lipinski definition) is 0. The van der Waals surface area contributed by atoms with Crippen LogP contribution in [0.1, 0.15) is 29.3 Å². The van der Waals surface area contributed by atoms with Crippen LogP contribution in [0.25, 0.3) is 0 Å². The normalized spacial score (nSPS) is 17.7. The molecule has 0 aromatic heterocycles. The molecule has 0 bridgehead atoms. The molecule has 0 aliphatic carbocycles. The molecule has 1 heterocycles. The van der Waals surface area contributed by atoms with Crippen LogP contribution in [0.2, 0.25) is 0 Å². The molecule has 1 atom stereocenters. The van der Waals surface area contributed by atoms with Crippen LogP contribution in [0.15, 0.2) is 42.5 Å². The Morgan fingerprint density at radius 3 is 2.85 bits per heavy atom. The quantitative estimate of drug-likeness (QED) is 0.765. The topological polar surface area (TPSA) is 20.3 Å². The van der Waals surface area contributed by atoms with E-state index in [1.807, 2.05) is 12.1 Å². The molecule has 3 rings (SSSR count). The lowest BCUT2D eigenvalue weighted by Gasteiger charge is -2.37. The van der Waals surface area contributed by atoms with Gasteiger partial charge in [0.15, 0.2) is 0 Å². The first-order valence-corrected chi connectivity index (χ1v) is 6.82. The number of anilines is 2. The van der Waals surface area contributed by atoms with Crippen LogP contribution < -0.4 is 4.90 Å². The fourth-order valence-electron chi connectivity index (χ4n) is 2.89. The minimum atomic E-state index is -0.375. The van der Waals surface area contributed by atoms with Crippen molar-refractivity contribution in [2.45, 2.75) is 25.8 Å². The van der Waals surface area contributed by atoms with Gasteiger partial charge in [-0.05, 0) is 49.6 Å². The maximum Gasteiger partial charge on any atom is 0.150 e. The maximum atomic E-state index is 13.7. The van der Waals surface area contributed by atoms with Crippen LogP contribution >= 0.6 is 0 Å². The predicted molar refractivity (Wildman–Crippen MR) is 78.2 cm³/mol. The molecule has 1 aliphatic heterocycles. The Kier molecular flexibility index (Phi) is 3.26. The van der Waals surface area contributed by atoms with E-state index < -0.39 is 0 Å². The molecule has 0 spiro atoms. The number of rotatable bonds is 2. The van der Waals surface area contributed by atoms with Crippen molar-refractivity contribution in [2.75, 3.05) is 4.90 Å². The van der Waals surface area contributed by atoms with Gasteiger partial charge in [0, 0.05) is 23.0 Å². The highest BCUT2D eigenvalue weighted by Gasteiger charge is 2.24. The second-order valence-electron chi connectivity index (χ2n) is 5.25. The average molecular weight is 269 g/mol. The first-order valence-electron chi connectivity index (χ1n) is 6.82.